The zero-order chi connectivity index (χ0) is 15.2. The van der Waals surface area contributed by atoms with E-state index in [-0.39, 0.29) is 10.6 Å². The van der Waals surface area contributed by atoms with Crippen LogP contribution in [-0.2, 0) is 6.54 Å². The number of benzene rings is 1. The van der Waals surface area contributed by atoms with Crippen LogP contribution in [0.2, 0.25) is 0 Å². The summed E-state index contributed by atoms with van der Waals surface area (Å²) in [6.45, 7) is 6.00. The topological polar surface area (TPSA) is 85.0 Å². The number of anilines is 2. The van der Waals surface area contributed by atoms with E-state index < -0.39 is 0 Å². The van der Waals surface area contributed by atoms with Crippen LogP contribution in [0, 0.1) is 17.0 Å². The molecular weight excluding hydrogens is 270 g/mol. The molecule has 0 spiro atoms. The highest BCUT2D eigenvalue weighted by molar-refractivity contribution is 5.63. The van der Waals surface area contributed by atoms with Crippen molar-refractivity contribution >= 4 is 17.1 Å². The lowest BCUT2D eigenvalue weighted by Crippen LogP contribution is -2.11. The van der Waals surface area contributed by atoms with E-state index >= 15 is 0 Å². The second kappa shape index (κ2) is 6.74. The van der Waals surface area contributed by atoms with Gasteiger partial charge >= 0.3 is 0 Å². The molecule has 1 aromatic heterocycles. The molecule has 0 aliphatic rings. The van der Waals surface area contributed by atoms with E-state index in [4.69, 9.17) is 0 Å². The molecule has 0 fully saturated rings. The average Bonchev–Trinajstić information content (AvgIpc) is 2.84. The summed E-state index contributed by atoms with van der Waals surface area (Å²) in [6, 6.07) is 4.94. The van der Waals surface area contributed by atoms with Gasteiger partial charge in [0.2, 0.25) is 0 Å². The maximum absolute atomic E-state index is 10.9. The zero-order valence-corrected chi connectivity index (χ0v) is 12.2. The summed E-state index contributed by atoms with van der Waals surface area (Å²) >= 11 is 0. The predicted molar refractivity (Wildman–Crippen MR) is 82.7 cm³/mol. The van der Waals surface area contributed by atoms with Gasteiger partial charge in [0.1, 0.15) is 0 Å². The van der Waals surface area contributed by atoms with Crippen molar-refractivity contribution in [1.29, 1.82) is 0 Å². The number of aryl methyl sites for hydroxylation is 1. The summed E-state index contributed by atoms with van der Waals surface area (Å²) in [4.78, 5) is 10.6. The monoisotopic (exact) mass is 289 g/mol. The molecule has 0 saturated carbocycles. The van der Waals surface area contributed by atoms with Gasteiger partial charge in [-0.15, -0.1) is 0 Å². The van der Waals surface area contributed by atoms with Crippen LogP contribution in [0.5, 0.6) is 0 Å². The van der Waals surface area contributed by atoms with Gasteiger partial charge in [-0.25, -0.2) is 0 Å². The lowest BCUT2D eigenvalue weighted by molar-refractivity contribution is -0.384. The van der Waals surface area contributed by atoms with Gasteiger partial charge in [-0.2, -0.15) is 5.10 Å². The molecule has 1 aromatic carbocycles. The van der Waals surface area contributed by atoms with Crippen LogP contribution in [-0.4, -0.2) is 27.8 Å². The van der Waals surface area contributed by atoms with Crippen LogP contribution in [0.25, 0.3) is 0 Å². The smallest absolute Gasteiger partial charge is 0.273 e. The highest BCUT2D eigenvalue weighted by Crippen LogP contribution is 2.24. The van der Waals surface area contributed by atoms with Gasteiger partial charge in [0.15, 0.2) is 0 Å². The molecule has 1 heterocycles. The number of aromatic nitrogens is 2. The summed E-state index contributed by atoms with van der Waals surface area (Å²) in [5.74, 6) is 0. The van der Waals surface area contributed by atoms with Crippen molar-refractivity contribution in [1.82, 2.24) is 9.78 Å². The molecule has 2 rings (SSSR count). The van der Waals surface area contributed by atoms with Crippen molar-refractivity contribution < 1.29 is 4.92 Å². The standard InChI is InChI=1S/C14H19N5O2/c1-3-15-12-6-13(8-14(7-12)19(20)21)16-4-5-18-10-11(2)9-17-18/h6-10,15-16H,3-5H2,1-2H3. The molecule has 2 aromatic rings. The molecule has 0 saturated heterocycles. The molecule has 0 radical (unpaired) electrons. The third-order valence-corrected chi connectivity index (χ3v) is 2.94. The number of nitrogens with zero attached hydrogens (tertiary/aromatic N) is 3. The van der Waals surface area contributed by atoms with Crippen molar-refractivity contribution in [2.75, 3.05) is 23.7 Å². The number of non-ortho nitro benzene ring substituents is 1. The molecule has 0 aliphatic heterocycles. The van der Waals surface area contributed by atoms with Gasteiger partial charge in [0, 0.05) is 42.8 Å². The van der Waals surface area contributed by atoms with Crippen LogP contribution >= 0.6 is 0 Å². The Hall–Kier alpha value is -2.57. The SMILES string of the molecule is CCNc1cc(NCCn2cc(C)cn2)cc([N+](=O)[O-])c1. The normalized spacial score (nSPS) is 10.4. The molecule has 0 unspecified atom stereocenters. The molecule has 112 valence electrons. The first-order chi connectivity index (χ1) is 10.1. The van der Waals surface area contributed by atoms with E-state index in [2.05, 4.69) is 15.7 Å². The van der Waals surface area contributed by atoms with E-state index in [1.807, 2.05) is 30.8 Å². The highest BCUT2D eigenvalue weighted by atomic mass is 16.6. The minimum atomic E-state index is -0.386. The quantitative estimate of drug-likeness (QED) is 0.604. The largest absolute Gasteiger partial charge is 0.385 e. The first-order valence-corrected chi connectivity index (χ1v) is 6.84. The number of nitro benzene ring substituents is 1. The van der Waals surface area contributed by atoms with Crippen molar-refractivity contribution in [2.45, 2.75) is 20.4 Å². The van der Waals surface area contributed by atoms with Gasteiger partial charge in [-0.1, -0.05) is 0 Å². The van der Waals surface area contributed by atoms with Gasteiger partial charge in [0.25, 0.3) is 5.69 Å². The molecule has 0 amide bonds. The molecule has 21 heavy (non-hydrogen) atoms. The zero-order valence-electron chi connectivity index (χ0n) is 12.2. The van der Waals surface area contributed by atoms with E-state index in [0.29, 0.717) is 19.6 Å². The fourth-order valence-electron chi connectivity index (χ4n) is 2.03. The molecule has 0 bridgehead atoms. The maximum atomic E-state index is 10.9. The molecule has 0 aliphatic carbocycles. The Morgan fingerprint density at radius 1 is 1.29 bits per heavy atom. The fourth-order valence-corrected chi connectivity index (χ4v) is 2.03. The summed E-state index contributed by atoms with van der Waals surface area (Å²) in [5.41, 5.74) is 2.65. The third kappa shape index (κ3) is 4.20. The maximum Gasteiger partial charge on any atom is 0.273 e. The molecular formula is C14H19N5O2. The molecule has 2 N–H and O–H groups in total. The van der Waals surface area contributed by atoms with Crippen LogP contribution < -0.4 is 10.6 Å². The van der Waals surface area contributed by atoms with E-state index in [1.165, 1.54) is 12.1 Å². The Bertz CT molecular complexity index is 624. The lowest BCUT2D eigenvalue weighted by Gasteiger charge is -2.09. The van der Waals surface area contributed by atoms with Crippen molar-refractivity contribution in [3.05, 3.63) is 46.3 Å². The fraction of sp³-hybridized carbons (Fsp3) is 0.357. The minimum Gasteiger partial charge on any atom is -0.385 e. The van der Waals surface area contributed by atoms with Crippen molar-refractivity contribution in [2.24, 2.45) is 0 Å². The lowest BCUT2D eigenvalue weighted by atomic mass is 10.2. The van der Waals surface area contributed by atoms with E-state index in [9.17, 15) is 10.1 Å². The van der Waals surface area contributed by atoms with E-state index in [1.54, 1.807) is 6.20 Å². The summed E-state index contributed by atoms with van der Waals surface area (Å²) in [7, 11) is 0. The molecule has 7 nitrogen and oxygen atoms in total. The first-order valence-electron chi connectivity index (χ1n) is 6.84. The Morgan fingerprint density at radius 3 is 2.57 bits per heavy atom. The van der Waals surface area contributed by atoms with Crippen LogP contribution in [0.1, 0.15) is 12.5 Å². The van der Waals surface area contributed by atoms with Crippen molar-refractivity contribution in [3.63, 3.8) is 0 Å². The molecule has 7 heteroatoms. The van der Waals surface area contributed by atoms with Gasteiger partial charge in [-0.05, 0) is 25.5 Å². The van der Waals surface area contributed by atoms with Gasteiger partial charge in [-0.3, -0.25) is 14.8 Å². The number of nitrogens with one attached hydrogen (secondary N) is 2. The average molecular weight is 289 g/mol. The number of hydrogen-bond donors (Lipinski definition) is 2. The first kappa shape index (κ1) is 14.8. The van der Waals surface area contributed by atoms with Crippen LogP contribution in [0.3, 0.4) is 0 Å². The number of rotatable bonds is 7. The number of hydrogen-bond acceptors (Lipinski definition) is 5. The Balaban J connectivity index is 2.02. The number of nitro groups is 1. The Morgan fingerprint density at radius 2 is 2.00 bits per heavy atom. The summed E-state index contributed by atoms with van der Waals surface area (Å²) in [5, 5.41) is 21.4. The Kier molecular flexibility index (Phi) is 4.76. The second-order valence-electron chi connectivity index (χ2n) is 4.76. The van der Waals surface area contributed by atoms with Gasteiger partial charge < -0.3 is 10.6 Å². The minimum absolute atomic E-state index is 0.0749. The molecule has 0 atom stereocenters. The van der Waals surface area contributed by atoms with E-state index in [0.717, 1.165) is 16.9 Å². The van der Waals surface area contributed by atoms with Crippen LogP contribution in [0.15, 0.2) is 30.6 Å². The van der Waals surface area contributed by atoms with Crippen molar-refractivity contribution in [3.8, 4) is 0 Å². The predicted octanol–water partition coefficient (Wildman–Crippen LogP) is 2.64. The summed E-state index contributed by atoms with van der Waals surface area (Å²) < 4.78 is 1.84. The Labute approximate surface area is 123 Å². The third-order valence-electron chi connectivity index (χ3n) is 2.94. The van der Waals surface area contributed by atoms with Gasteiger partial charge in [0.05, 0.1) is 17.7 Å². The second-order valence-corrected chi connectivity index (χ2v) is 4.76. The summed E-state index contributed by atoms with van der Waals surface area (Å²) in [6.07, 6.45) is 3.76. The highest BCUT2D eigenvalue weighted by Gasteiger charge is 2.09. The van der Waals surface area contributed by atoms with Crippen LogP contribution in [0.4, 0.5) is 17.1 Å².